The molecule has 2 aromatic heterocycles. The minimum atomic E-state index is -0.488. The predicted molar refractivity (Wildman–Crippen MR) is 98.6 cm³/mol. The molecule has 1 amide bonds. The minimum absolute atomic E-state index is 0.126. The maximum atomic E-state index is 12.7. The molecule has 0 N–H and O–H groups in total. The molecule has 0 saturated carbocycles. The molecule has 0 unspecified atom stereocenters. The van der Waals surface area contributed by atoms with Crippen LogP contribution in [0.1, 0.15) is 22.6 Å². The number of para-hydroxylation sites is 1. The van der Waals surface area contributed by atoms with Crippen LogP contribution in [0.3, 0.4) is 0 Å². The number of rotatable bonds is 4. The number of aryl methyl sites for hydroxylation is 1. The lowest BCUT2D eigenvalue weighted by atomic mass is 10.2. The standard InChI is InChI=1S/C19H19N5O4/c1-27-19(26)16-9-13-10-23(7-4-8-24(13)22-16)17(25)11-28-18-14-5-2-3-6-15(14)20-12-21-18/h2-3,5-6,9,12H,4,7-8,10-11H2,1H3. The van der Waals surface area contributed by atoms with Crippen molar-refractivity contribution >= 4 is 22.8 Å². The van der Waals surface area contributed by atoms with Crippen LogP contribution in [-0.2, 0) is 22.6 Å². The van der Waals surface area contributed by atoms with E-state index < -0.39 is 5.97 Å². The van der Waals surface area contributed by atoms with E-state index >= 15 is 0 Å². The van der Waals surface area contributed by atoms with Crippen LogP contribution >= 0.6 is 0 Å². The van der Waals surface area contributed by atoms with Crippen LogP contribution in [0.4, 0.5) is 0 Å². The molecule has 0 bridgehead atoms. The number of amides is 1. The number of hydrogen-bond donors (Lipinski definition) is 0. The van der Waals surface area contributed by atoms with Crippen molar-refractivity contribution in [3.05, 3.63) is 48.0 Å². The zero-order valence-corrected chi connectivity index (χ0v) is 15.4. The third-order valence-electron chi connectivity index (χ3n) is 4.60. The van der Waals surface area contributed by atoms with Crippen LogP contribution in [-0.4, -0.2) is 56.8 Å². The summed E-state index contributed by atoms with van der Waals surface area (Å²) < 4.78 is 12.1. The molecule has 0 atom stereocenters. The maximum Gasteiger partial charge on any atom is 0.358 e. The van der Waals surface area contributed by atoms with E-state index in [0.29, 0.717) is 25.5 Å². The number of esters is 1. The van der Waals surface area contributed by atoms with Crippen LogP contribution in [0.2, 0.25) is 0 Å². The Morgan fingerprint density at radius 1 is 1.18 bits per heavy atom. The number of aromatic nitrogens is 4. The van der Waals surface area contributed by atoms with Crippen LogP contribution in [0.5, 0.6) is 5.88 Å². The van der Waals surface area contributed by atoms with Crippen molar-refractivity contribution < 1.29 is 19.1 Å². The molecular formula is C19H19N5O4. The largest absolute Gasteiger partial charge is 0.467 e. The number of fused-ring (bicyclic) bond motifs is 2. The summed E-state index contributed by atoms with van der Waals surface area (Å²) in [6, 6.07) is 9.13. The van der Waals surface area contributed by atoms with Gasteiger partial charge in [-0.15, -0.1) is 0 Å². The Morgan fingerprint density at radius 3 is 2.89 bits per heavy atom. The van der Waals surface area contributed by atoms with Gasteiger partial charge in [-0.25, -0.2) is 14.8 Å². The van der Waals surface area contributed by atoms with Crippen LogP contribution < -0.4 is 4.74 Å². The first kappa shape index (κ1) is 17.9. The highest BCUT2D eigenvalue weighted by Gasteiger charge is 2.23. The summed E-state index contributed by atoms with van der Waals surface area (Å²) in [6.07, 6.45) is 2.15. The van der Waals surface area contributed by atoms with Crippen molar-refractivity contribution in [2.75, 3.05) is 20.3 Å². The van der Waals surface area contributed by atoms with Gasteiger partial charge in [0, 0.05) is 13.1 Å². The Morgan fingerprint density at radius 2 is 2.04 bits per heavy atom. The van der Waals surface area contributed by atoms with Gasteiger partial charge < -0.3 is 14.4 Å². The maximum absolute atomic E-state index is 12.7. The summed E-state index contributed by atoms with van der Waals surface area (Å²) >= 11 is 0. The Balaban J connectivity index is 1.46. The van der Waals surface area contributed by atoms with Gasteiger partial charge in [-0.05, 0) is 24.6 Å². The lowest BCUT2D eigenvalue weighted by molar-refractivity contribution is -0.134. The number of ether oxygens (including phenoxy) is 2. The quantitative estimate of drug-likeness (QED) is 0.630. The zero-order chi connectivity index (χ0) is 19.5. The summed E-state index contributed by atoms with van der Waals surface area (Å²) in [7, 11) is 1.32. The molecule has 0 aliphatic carbocycles. The Hall–Kier alpha value is -3.49. The minimum Gasteiger partial charge on any atom is -0.467 e. The van der Waals surface area contributed by atoms with E-state index in [1.54, 1.807) is 15.6 Å². The molecule has 0 saturated heterocycles. The second-order valence-corrected chi connectivity index (χ2v) is 6.39. The topological polar surface area (TPSA) is 99.4 Å². The van der Waals surface area contributed by atoms with Gasteiger partial charge in [0.15, 0.2) is 12.3 Å². The average Bonchev–Trinajstić information content (AvgIpc) is 3.02. The molecular weight excluding hydrogens is 362 g/mol. The van der Waals surface area contributed by atoms with E-state index in [4.69, 9.17) is 9.47 Å². The Kier molecular flexibility index (Phi) is 4.88. The molecule has 1 aliphatic heterocycles. The van der Waals surface area contributed by atoms with Crippen molar-refractivity contribution in [3.63, 3.8) is 0 Å². The van der Waals surface area contributed by atoms with Crippen LogP contribution in [0.15, 0.2) is 36.7 Å². The number of carbonyl (C=O) groups excluding carboxylic acids is 2. The van der Waals surface area contributed by atoms with Gasteiger partial charge >= 0.3 is 5.97 Å². The van der Waals surface area contributed by atoms with E-state index in [1.807, 2.05) is 24.3 Å². The van der Waals surface area contributed by atoms with E-state index in [9.17, 15) is 9.59 Å². The lowest BCUT2D eigenvalue weighted by Crippen LogP contribution is -2.34. The fourth-order valence-corrected chi connectivity index (χ4v) is 3.20. The number of hydrogen-bond acceptors (Lipinski definition) is 7. The summed E-state index contributed by atoms with van der Waals surface area (Å²) in [5.41, 5.74) is 1.79. The number of methoxy groups -OCH3 is 1. The number of benzene rings is 1. The SMILES string of the molecule is COC(=O)c1cc2n(n1)CCCN(C(=O)COc1ncnc3ccccc13)C2. The number of nitrogens with zero attached hydrogens (tertiary/aromatic N) is 5. The van der Waals surface area contributed by atoms with E-state index in [0.717, 1.165) is 23.0 Å². The molecule has 0 fully saturated rings. The molecule has 4 rings (SSSR count). The average molecular weight is 381 g/mol. The molecule has 9 nitrogen and oxygen atoms in total. The van der Waals surface area contributed by atoms with Gasteiger partial charge in [-0.1, -0.05) is 12.1 Å². The van der Waals surface area contributed by atoms with Gasteiger partial charge in [-0.2, -0.15) is 5.10 Å². The van der Waals surface area contributed by atoms with Gasteiger partial charge in [0.2, 0.25) is 5.88 Å². The molecule has 9 heteroatoms. The van der Waals surface area contributed by atoms with Gasteiger partial charge in [0.1, 0.15) is 6.33 Å². The Bertz CT molecular complexity index is 1030. The molecule has 3 aromatic rings. The van der Waals surface area contributed by atoms with Crippen LogP contribution in [0, 0.1) is 0 Å². The van der Waals surface area contributed by atoms with E-state index in [-0.39, 0.29) is 18.2 Å². The van der Waals surface area contributed by atoms with Crippen molar-refractivity contribution in [2.45, 2.75) is 19.5 Å². The smallest absolute Gasteiger partial charge is 0.358 e. The lowest BCUT2D eigenvalue weighted by Gasteiger charge is -2.20. The van der Waals surface area contributed by atoms with Crippen molar-refractivity contribution in [1.29, 1.82) is 0 Å². The fraction of sp³-hybridized carbons (Fsp3) is 0.316. The first-order chi connectivity index (χ1) is 13.7. The first-order valence-corrected chi connectivity index (χ1v) is 8.91. The summed E-state index contributed by atoms with van der Waals surface area (Å²) in [5, 5.41) is 5.02. The monoisotopic (exact) mass is 381 g/mol. The zero-order valence-electron chi connectivity index (χ0n) is 15.4. The summed E-state index contributed by atoms with van der Waals surface area (Å²) in [4.78, 5) is 34.4. The summed E-state index contributed by atoms with van der Waals surface area (Å²) in [5.74, 6) is -0.263. The number of carbonyl (C=O) groups is 2. The predicted octanol–water partition coefficient (Wildman–Crippen LogP) is 1.42. The molecule has 1 aromatic carbocycles. The fourth-order valence-electron chi connectivity index (χ4n) is 3.20. The van der Waals surface area contributed by atoms with Crippen molar-refractivity contribution in [1.82, 2.24) is 24.6 Å². The molecule has 0 radical (unpaired) electrons. The molecule has 3 heterocycles. The molecule has 28 heavy (non-hydrogen) atoms. The molecule has 1 aliphatic rings. The summed E-state index contributed by atoms with van der Waals surface area (Å²) in [6.45, 7) is 1.45. The Labute approximate surface area is 160 Å². The van der Waals surface area contributed by atoms with Crippen LogP contribution in [0.25, 0.3) is 10.9 Å². The molecule has 0 spiro atoms. The second kappa shape index (κ2) is 7.63. The highest BCUT2D eigenvalue weighted by Crippen LogP contribution is 2.21. The third kappa shape index (κ3) is 3.51. The van der Waals surface area contributed by atoms with Crippen molar-refractivity contribution in [2.24, 2.45) is 0 Å². The van der Waals surface area contributed by atoms with E-state index in [1.165, 1.54) is 13.4 Å². The second-order valence-electron chi connectivity index (χ2n) is 6.39. The van der Waals surface area contributed by atoms with Gasteiger partial charge in [0.25, 0.3) is 5.91 Å². The van der Waals surface area contributed by atoms with Crippen molar-refractivity contribution in [3.8, 4) is 5.88 Å². The highest BCUT2D eigenvalue weighted by atomic mass is 16.5. The highest BCUT2D eigenvalue weighted by molar-refractivity contribution is 5.87. The third-order valence-corrected chi connectivity index (χ3v) is 4.60. The first-order valence-electron chi connectivity index (χ1n) is 8.91. The molecule has 144 valence electrons. The van der Waals surface area contributed by atoms with Gasteiger partial charge in [-0.3, -0.25) is 9.48 Å². The van der Waals surface area contributed by atoms with Gasteiger partial charge in [0.05, 0.1) is 30.3 Å². The normalized spacial score (nSPS) is 13.7. The van der Waals surface area contributed by atoms with E-state index in [2.05, 4.69) is 15.1 Å².